The smallest absolute Gasteiger partial charge is 0.170 e. The first-order valence-corrected chi connectivity index (χ1v) is 4.67. The van der Waals surface area contributed by atoms with Crippen LogP contribution in [0.15, 0.2) is 24.3 Å². The normalized spacial score (nSPS) is 14.5. The van der Waals surface area contributed by atoms with E-state index in [1.165, 1.54) is 6.08 Å². The van der Waals surface area contributed by atoms with Gasteiger partial charge in [0.25, 0.3) is 0 Å². The standard InChI is InChI=1S/C12H9NO2/c13-6-1-2-9-3-4-12-10(8-9)11(14)5-7-15-12/h1-4,8H,5,7H2. The van der Waals surface area contributed by atoms with Crippen molar-refractivity contribution >= 4 is 11.9 Å². The van der Waals surface area contributed by atoms with Gasteiger partial charge in [-0.3, -0.25) is 4.79 Å². The van der Waals surface area contributed by atoms with Crippen molar-refractivity contribution in [3.05, 3.63) is 35.4 Å². The summed E-state index contributed by atoms with van der Waals surface area (Å²) in [6.45, 7) is 0.458. The Kier molecular flexibility index (Phi) is 2.51. The molecule has 0 fully saturated rings. The number of benzene rings is 1. The Hall–Kier alpha value is -2.08. The van der Waals surface area contributed by atoms with Gasteiger partial charge in [0, 0.05) is 12.5 Å². The molecule has 0 aromatic heterocycles. The minimum absolute atomic E-state index is 0.100. The topological polar surface area (TPSA) is 50.1 Å². The Morgan fingerprint density at radius 1 is 1.47 bits per heavy atom. The molecular formula is C12H9NO2. The van der Waals surface area contributed by atoms with Crippen LogP contribution in [0.3, 0.4) is 0 Å². The van der Waals surface area contributed by atoms with Crippen molar-refractivity contribution in [2.45, 2.75) is 6.42 Å². The molecule has 3 nitrogen and oxygen atoms in total. The third kappa shape index (κ3) is 1.89. The molecule has 1 aromatic rings. The van der Waals surface area contributed by atoms with Crippen molar-refractivity contribution in [3.63, 3.8) is 0 Å². The zero-order chi connectivity index (χ0) is 10.7. The molecule has 0 amide bonds. The summed E-state index contributed by atoms with van der Waals surface area (Å²) < 4.78 is 5.34. The van der Waals surface area contributed by atoms with Crippen molar-refractivity contribution in [3.8, 4) is 11.8 Å². The summed E-state index contributed by atoms with van der Waals surface area (Å²) in [4.78, 5) is 11.5. The van der Waals surface area contributed by atoms with E-state index in [1.54, 1.807) is 18.2 Å². The van der Waals surface area contributed by atoms with Gasteiger partial charge in [-0.1, -0.05) is 6.07 Å². The summed E-state index contributed by atoms with van der Waals surface area (Å²) in [6.07, 6.45) is 3.48. The Morgan fingerprint density at radius 3 is 3.13 bits per heavy atom. The minimum atomic E-state index is 0.100. The number of Topliss-reactive ketones (excluding diaryl/α,β-unsaturated/α-hetero) is 1. The fraction of sp³-hybridized carbons (Fsp3) is 0.167. The fourth-order valence-electron chi connectivity index (χ4n) is 1.52. The first kappa shape index (κ1) is 9.47. The van der Waals surface area contributed by atoms with Gasteiger partial charge < -0.3 is 4.74 Å². The van der Waals surface area contributed by atoms with Crippen molar-refractivity contribution in [1.82, 2.24) is 0 Å². The second-order valence-electron chi connectivity index (χ2n) is 3.24. The van der Waals surface area contributed by atoms with Gasteiger partial charge in [0.1, 0.15) is 5.75 Å². The van der Waals surface area contributed by atoms with Gasteiger partial charge in [-0.15, -0.1) is 0 Å². The van der Waals surface area contributed by atoms with E-state index in [4.69, 9.17) is 10.00 Å². The zero-order valence-corrected chi connectivity index (χ0v) is 8.06. The van der Waals surface area contributed by atoms with Crippen LogP contribution in [-0.4, -0.2) is 12.4 Å². The summed E-state index contributed by atoms with van der Waals surface area (Å²) in [5.74, 6) is 0.740. The molecule has 0 spiro atoms. The average molecular weight is 199 g/mol. The molecule has 0 saturated heterocycles. The number of hydrogen-bond acceptors (Lipinski definition) is 3. The number of carbonyl (C=O) groups excluding carboxylic acids is 1. The second-order valence-corrected chi connectivity index (χ2v) is 3.24. The van der Waals surface area contributed by atoms with Gasteiger partial charge >= 0.3 is 0 Å². The maximum absolute atomic E-state index is 11.5. The molecule has 0 N–H and O–H groups in total. The van der Waals surface area contributed by atoms with Crippen LogP contribution in [0.2, 0.25) is 0 Å². The minimum Gasteiger partial charge on any atom is -0.492 e. The summed E-state index contributed by atoms with van der Waals surface area (Å²) in [6, 6.07) is 7.26. The molecule has 1 heterocycles. The van der Waals surface area contributed by atoms with Crippen LogP contribution in [0.5, 0.6) is 5.75 Å². The number of ketones is 1. The molecule has 1 aliphatic heterocycles. The molecule has 0 saturated carbocycles. The number of fused-ring (bicyclic) bond motifs is 1. The van der Waals surface area contributed by atoms with Crippen LogP contribution >= 0.6 is 0 Å². The van der Waals surface area contributed by atoms with Crippen molar-refractivity contribution in [1.29, 1.82) is 5.26 Å². The van der Waals surface area contributed by atoms with Crippen LogP contribution in [0.4, 0.5) is 0 Å². The zero-order valence-electron chi connectivity index (χ0n) is 8.06. The van der Waals surface area contributed by atoms with E-state index in [-0.39, 0.29) is 5.78 Å². The molecule has 0 radical (unpaired) electrons. The third-order valence-electron chi connectivity index (χ3n) is 2.24. The van der Waals surface area contributed by atoms with Gasteiger partial charge in [-0.2, -0.15) is 5.26 Å². The third-order valence-corrected chi connectivity index (χ3v) is 2.24. The van der Waals surface area contributed by atoms with Crippen LogP contribution in [0.1, 0.15) is 22.3 Å². The lowest BCUT2D eigenvalue weighted by molar-refractivity contribution is 0.0933. The predicted molar refractivity (Wildman–Crippen MR) is 55.5 cm³/mol. The molecule has 0 bridgehead atoms. The fourth-order valence-corrected chi connectivity index (χ4v) is 1.52. The number of nitrogens with zero attached hydrogens (tertiary/aromatic N) is 1. The number of allylic oxidation sites excluding steroid dienone is 1. The van der Waals surface area contributed by atoms with E-state index in [0.717, 1.165) is 5.56 Å². The summed E-state index contributed by atoms with van der Waals surface area (Å²) in [7, 11) is 0. The largest absolute Gasteiger partial charge is 0.492 e. The highest BCUT2D eigenvalue weighted by atomic mass is 16.5. The summed E-state index contributed by atoms with van der Waals surface area (Å²) in [5, 5.41) is 8.39. The van der Waals surface area contributed by atoms with Crippen molar-refractivity contribution < 1.29 is 9.53 Å². The van der Waals surface area contributed by atoms with E-state index in [1.807, 2.05) is 12.1 Å². The lowest BCUT2D eigenvalue weighted by Gasteiger charge is -2.16. The molecular weight excluding hydrogens is 190 g/mol. The van der Waals surface area contributed by atoms with Gasteiger partial charge in [0.05, 0.1) is 18.2 Å². The first-order valence-electron chi connectivity index (χ1n) is 4.67. The monoisotopic (exact) mass is 199 g/mol. The summed E-state index contributed by atoms with van der Waals surface area (Å²) >= 11 is 0. The Morgan fingerprint density at radius 2 is 2.33 bits per heavy atom. The quantitative estimate of drug-likeness (QED) is 0.651. The van der Waals surface area contributed by atoms with Gasteiger partial charge in [-0.25, -0.2) is 0 Å². The van der Waals surface area contributed by atoms with Crippen molar-refractivity contribution in [2.24, 2.45) is 0 Å². The van der Waals surface area contributed by atoms with Gasteiger partial charge in [-0.05, 0) is 23.8 Å². The van der Waals surface area contributed by atoms with Gasteiger partial charge in [0.2, 0.25) is 0 Å². The lowest BCUT2D eigenvalue weighted by Crippen LogP contribution is -2.15. The molecule has 2 rings (SSSR count). The average Bonchev–Trinajstić information content (AvgIpc) is 2.27. The van der Waals surface area contributed by atoms with E-state index < -0.39 is 0 Å². The van der Waals surface area contributed by atoms with Gasteiger partial charge in [0.15, 0.2) is 5.78 Å². The highest BCUT2D eigenvalue weighted by molar-refractivity contribution is 6.00. The number of nitriles is 1. The number of rotatable bonds is 1. The van der Waals surface area contributed by atoms with E-state index >= 15 is 0 Å². The van der Waals surface area contributed by atoms with Crippen LogP contribution in [-0.2, 0) is 0 Å². The number of hydrogen-bond donors (Lipinski definition) is 0. The molecule has 3 heteroatoms. The first-order chi connectivity index (χ1) is 7.31. The van der Waals surface area contributed by atoms with E-state index in [2.05, 4.69) is 0 Å². The number of carbonyl (C=O) groups is 1. The number of ether oxygens (including phenoxy) is 1. The molecule has 1 aromatic carbocycles. The maximum atomic E-state index is 11.5. The Bertz CT molecular complexity index is 469. The Labute approximate surface area is 87.6 Å². The SMILES string of the molecule is N#CC=Cc1ccc2c(c1)C(=O)CCO2. The highest BCUT2D eigenvalue weighted by Gasteiger charge is 2.17. The molecule has 0 aliphatic carbocycles. The molecule has 1 aliphatic rings. The highest BCUT2D eigenvalue weighted by Crippen LogP contribution is 2.25. The second kappa shape index (κ2) is 3.97. The summed E-state index contributed by atoms with van der Waals surface area (Å²) in [5.41, 5.74) is 1.45. The van der Waals surface area contributed by atoms with Crippen LogP contribution in [0.25, 0.3) is 6.08 Å². The Balaban J connectivity index is 2.40. The molecule has 0 unspecified atom stereocenters. The van der Waals surface area contributed by atoms with Crippen molar-refractivity contribution in [2.75, 3.05) is 6.61 Å². The van der Waals surface area contributed by atoms with Crippen LogP contribution in [0, 0.1) is 11.3 Å². The molecule has 74 valence electrons. The maximum Gasteiger partial charge on any atom is 0.170 e. The molecule has 15 heavy (non-hydrogen) atoms. The molecule has 0 atom stereocenters. The lowest BCUT2D eigenvalue weighted by atomic mass is 10.0. The van der Waals surface area contributed by atoms with E-state index in [9.17, 15) is 4.79 Å². The van der Waals surface area contributed by atoms with Crippen LogP contribution < -0.4 is 4.74 Å². The van der Waals surface area contributed by atoms with E-state index in [0.29, 0.717) is 24.3 Å². The predicted octanol–water partition coefficient (Wildman–Crippen LogP) is 2.19.